The van der Waals surface area contributed by atoms with Crippen LogP contribution in [0, 0.1) is 0 Å². The molecule has 0 spiro atoms. The topological polar surface area (TPSA) is 0 Å². The fourth-order valence-corrected chi connectivity index (χ4v) is 9.16. The van der Waals surface area contributed by atoms with Crippen LogP contribution in [0.1, 0.15) is 0 Å². The highest BCUT2D eigenvalue weighted by atomic mass is 28.5. The Kier molecular flexibility index (Phi) is 2.41. The van der Waals surface area contributed by atoms with Gasteiger partial charge >= 0.3 is 8.74 Å². The lowest BCUT2D eigenvalue weighted by Gasteiger charge is -2.40. The molecule has 0 aliphatic heterocycles. The maximum atomic E-state index is 13.6. The average molecular weight is 218 g/mol. The van der Waals surface area contributed by atoms with Gasteiger partial charge in [0.05, 0.1) is 12.7 Å². The quantitative estimate of drug-likeness (QED) is 0.489. The molecular formula is C9H16F2Si2. The normalized spacial score (nSPS) is 21.1. The van der Waals surface area contributed by atoms with E-state index in [-0.39, 0.29) is 0 Å². The van der Waals surface area contributed by atoms with Gasteiger partial charge in [-0.3, -0.25) is 8.22 Å². The molecular weight excluding hydrogens is 202 g/mol. The monoisotopic (exact) mass is 218 g/mol. The Labute approximate surface area is 80.7 Å². The lowest BCUT2D eigenvalue weighted by molar-refractivity contribution is 0.585. The van der Waals surface area contributed by atoms with Crippen LogP contribution in [0.4, 0.5) is 8.22 Å². The van der Waals surface area contributed by atoms with Gasteiger partial charge in [-0.15, -0.1) is 0 Å². The molecule has 0 amide bonds. The van der Waals surface area contributed by atoms with Crippen molar-refractivity contribution in [2.24, 2.45) is 0 Å². The number of halogens is 2. The van der Waals surface area contributed by atoms with Gasteiger partial charge in [-0.1, -0.05) is 43.9 Å². The first kappa shape index (κ1) is 10.9. The SMILES string of the molecule is C[Si](C)(C)C1([Si](C)(F)F)C=CC=C1. The first-order valence-electron chi connectivity index (χ1n) is 4.46. The Morgan fingerprint density at radius 1 is 0.923 bits per heavy atom. The molecule has 0 radical (unpaired) electrons. The molecule has 0 N–H and O–H groups in total. The smallest absolute Gasteiger partial charge is 0.270 e. The maximum Gasteiger partial charge on any atom is 0.432 e. The van der Waals surface area contributed by atoms with Crippen LogP contribution in [-0.4, -0.2) is 16.8 Å². The second-order valence-corrected chi connectivity index (χ2v) is 13.2. The van der Waals surface area contributed by atoms with Crippen molar-refractivity contribution in [3.63, 3.8) is 0 Å². The van der Waals surface area contributed by atoms with Crippen LogP contribution < -0.4 is 0 Å². The minimum atomic E-state index is -4.12. The number of hydrogen-bond donors (Lipinski definition) is 0. The van der Waals surface area contributed by atoms with E-state index in [0.717, 1.165) is 6.55 Å². The van der Waals surface area contributed by atoms with Crippen LogP contribution in [-0.2, 0) is 0 Å². The minimum Gasteiger partial charge on any atom is -0.270 e. The van der Waals surface area contributed by atoms with Crippen molar-refractivity contribution in [1.29, 1.82) is 0 Å². The summed E-state index contributed by atoms with van der Waals surface area (Å²) in [4.78, 5) is 0. The summed E-state index contributed by atoms with van der Waals surface area (Å²) in [6, 6.07) is 0. The van der Waals surface area contributed by atoms with Gasteiger partial charge < -0.3 is 0 Å². The van der Waals surface area contributed by atoms with Crippen LogP contribution in [0.3, 0.4) is 0 Å². The Morgan fingerprint density at radius 3 is 1.46 bits per heavy atom. The van der Waals surface area contributed by atoms with Crippen molar-refractivity contribution in [1.82, 2.24) is 0 Å². The van der Waals surface area contributed by atoms with Crippen molar-refractivity contribution >= 4 is 16.8 Å². The molecule has 0 nitrogen and oxygen atoms in total. The number of allylic oxidation sites excluding steroid dienone is 4. The summed E-state index contributed by atoms with van der Waals surface area (Å²) in [7, 11) is -5.99. The fraction of sp³-hybridized carbons (Fsp3) is 0.556. The first-order valence-corrected chi connectivity index (χ1v) is 10.2. The largest absolute Gasteiger partial charge is 0.432 e. The highest BCUT2D eigenvalue weighted by Gasteiger charge is 2.58. The van der Waals surface area contributed by atoms with Crippen LogP contribution in [0.25, 0.3) is 0 Å². The van der Waals surface area contributed by atoms with Gasteiger partial charge in [-0.05, 0) is 6.55 Å². The third kappa shape index (κ3) is 1.57. The van der Waals surface area contributed by atoms with E-state index < -0.39 is 21.5 Å². The van der Waals surface area contributed by atoms with Gasteiger partial charge in [0, 0.05) is 0 Å². The van der Waals surface area contributed by atoms with Crippen molar-refractivity contribution in [3.05, 3.63) is 24.3 Å². The standard InChI is InChI=1S/C9H16F2Si2/c1-12(2,3)9(13(4,10)11)7-5-6-8-9/h5-8H,1-4H3. The summed E-state index contributed by atoms with van der Waals surface area (Å²) >= 11 is 0. The van der Waals surface area contributed by atoms with Crippen LogP contribution in [0.2, 0.25) is 30.8 Å². The summed E-state index contributed by atoms with van der Waals surface area (Å²) in [5.41, 5.74) is 0. The highest BCUT2D eigenvalue weighted by Crippen LogP contribution is 2.52. The molecule has 0 aromatic heterocycles. The van der Waals surface area contributed by atoms with Gasteiger partial charge in [-0.25, -0.2) is 0 Å². The molecule has 13 heavy (non-hydrogen) atoms. The Morgan fingerprint density at radius 2 is 1.31 bits per heavy atom. The first-order chi connectivity index (χ1) is 5.71. The maximum absolute atomic E-state index is 13.6. The molecule has 74 valence electrons. The molecule has 0 saturated carbocycles. The van der Waals surface area contributed by atoms with E-state index in [1.54, 1.807) is 24.3 Å². The van der Waals surface area contributed by atoms with Gasteiger partial charge in [0.15, 0.2) is 0 Å². The van der Waals surface area contributed by atoms with Gasteiger partial charge in [0.2, 0.25) is 0 Å². The Bertz CT molecular complexity index is 228. The third-order valence-electron chi connectivity index (χ3n) is 2.80. The summed E-state index contributed by atoms with van der Waals surface area (Å²) in [5, 5.41) is 0. The molecule has 0 atom stereocenters. The summed E-state index contributed by atoms with van der Waals surface area (Å²) in [6.45, 7) is 7.19. The van der Waals surface area contributed by atoms with Crippen molar-refractivity contribution < 1.29 is 8.22 Å². The lowest BCUT2D eigenvalue weighted by atomic mass is 10.4. The lowest BCUT2D eigenvalue weighted by Crippen LogP contribution is -2.50. The predicted octanol–water partition coefficient (Wildman–Crippen LogP) is 3.74. The minimum absolute atomic E-state index is 0.847. The zero-order valence-corrected chi connectivity index (χ0v) is 10.6. The second-order valence-electron chi connectivity index (χ2n) is 4.73. The highest BCUT2D eigenvalue weighted by molar-refractivity contribution is 6.96. The van der Waals surface area contributed by atoms with Crippen molar-refractivity contribution in [2.75, 3.05) is 0 Å². The molecule has 0 saturated heterocycles. The van der Waals surface area contributed by atoms with E-state index in [2.05, 4.69) is 0 Å². The predicted molar refractivity (Wildman–Crippen MR) is 58.2 cm³/mol. The van der Waals surface area contributed by atoms with E-state index in [4.69, 9.17) is 0 Å². The summed E-state index contributed by atoms with van der Waals surface area (Å²) < 4.78 is 26.5. The molecule has 0 aromatic carbocycles. The molecule has 1 aliphatic rings. The van der Waals surface area contributed by atoms with Gasteiger partial charge in [0.25, 0.3) is 0 Å². The summed E-state index contributed by atoms with van der Waals surface area (Å²) in [6.07, 6.45) is 6.99. The average Bonchev–Trinajstić information content (AvgIpc) is 2.28. The van der Waals surface area contributed by atoms with Gasteiger partial charge in [-0.2, -0.15) is 0 Å². The molecule has 1 rings (SSSR count). The van der Waals surface area contributed by atoms with E-state index in [1.807, 2.05) is 19.6 Å². The van der Waals surface area contributed by atoms with Crippen LogP contribution in [0.5, 0.6) is 0 Å². The van der Waals surface area contributed by atoms with Crippen LogP contribution >= 0.6 is 0 Å². The van der Waals surface area contributed by atoms with Crippen molar-refractivity contribution in [2.45, 2.75) is 30.8 Å². The zero-order valence-electron chi connectivity index (χ0n) is 8.57. The van der Waals surface area contributed by atoms with Gasteiger partial charge in [0.1, 0.15) is 0 Å². The van der Waals surface area contributed by atoms with E-state index >= 15 is 0 Å². The molecule has 4 heteroatoms. The molecule has 0 unspecified atom stereocenters. The number of hydrogen-bond acceptors (Lipinski definition) is 0. The molecule has 1 aliphatic carbocycles. The molecule has 0 aromatic rings. The Hall–Kier alpha value is -0.226. The molecule has 0 heterocycles. The fourth-order valence-electron chi connectivity index (χ4n) is 1.92. The third-order valence-corrected chi connectivity index (χ3v) is 11.0. The number of rotatable bonds is 2. The van der Waals surface area contributed by atoms with Crippen LogP contribution in [0.15, 0.2) is 24.3 Å². The Balaban J connectivity index is 3.19. The second kappa shape index (κ2) is 2.88. The van der Waals surface area contributed by atoms with E-state index in [0.29, 0.717) is 0 Å². The van der Waals surface area contributed by atoms with E-state index in [1.165, 1.54) is 0 Å². The zero-order chi connectivity index (χ0) is 10.3. The van der Waals surface area contributed by atoms with Crippen molar-refractivity contribution in [3.8, 4) is 0 Å². The van der Waals surface area contributed by atoms with E-state index in [9.17, 15) is 8.22 Å². The molecule has 0 fully saturated rings. The molecule has 0 bridgehead atoms. The summed E-state index contributed by atoms with van der Waals surface area (Å²) in [5.74, 6) is 0.